The largest absolute Gasteiger partial charge is 0.455 e. The molecule has 9 nitrogen and oxygen atoms in total. The Labute approximate surface area is 150 Å². The van der Waals surface area contributed by atoms with Gasteiger partial charge >= 0.3 is 5.97 Å². The first kappa shape index (κ1) is 19.6. The molecule has 10 heteroatoms. The lowest BCUT2D eigenvalue weighted by atomic mass is 10.2. The number of esters is 1. The molecule has 1 amide bonds. The molecule has 26 heavy (non-hydrogen) atoms. The zero-order valence-corrected chi connectivity index (χ0v) is 15.3. The summed E-state index contributed by atoms with van der Waals surface area (Å²) in [5.41, 5.74) is 1.33. The van der Waals surface area contributed by atoms with Gasteiger partial charge in [0.05, 0.1) is 4.90 Å². The molecule has 1 aromatic heterocycles. The van der Waals surface area contributed by atoms with Gasteiger partial charge in [-0.05, 0) is 38.0 Å². The highest BCUT2D eigenvalue weighted by Crippen LogP contribution is 2.16. The number of ether oxygens (including phenoxy) is 1. The van der Waals surface area contributed by atoms with E-state index in [1.807, 2.05) is 0 Å². The van der Waals surface area contributed by atoms with Gasteiger partial charge in [0.2, 0.25) is 10.0 Å². The van der Waals surface area contributed by atoms with Crippen LogP contribution in [0.5, 0.6) is 0 Å². The zero-order valence-electron chi connectivity index (χ0n) is 14.5. The van der Waals surface area contributed by atoms with E-state index in [2.05, 4.69) is 15.2 Å². The van der Waals surface area contributed by atoms with Gasteiger partial charge in [-0.1, -0.05) is 17.3 Å². The lowest BCUT2D eigenvalue weighted by molar-refractivity contribution is -0.146. The number of amides is 1. The second-order valence-electron chi connectivity index (χ2n) is 5.63. The number of carbonyl (C=O) groups is 2. The number of nitrogens with one attached hydrogen (secondary N) is 2. The summed E-state index contributed by atoms with van der Waals surface area (Å²) in [5.74, 6) is -0.799. The van der Waals surface area contributed by atoms with E-state index in [1.165, 1.54) is 12.1 Å². The standard InChI is InChI=1S/C16H19N3O6S/c1-10-4-5-11(2)13(6-10)26(22,23)17-8-16(21)24-9-15(20)18-14-7-12(3)25-19-14/h4-7,17H,8-9H2,1-3H3,(H,18,19,20). The number of rotatable bonds is 7. The van der Waals surface area contributed by atoms with Crippen LogP contribution in [0.25, 0.3) is 0 Å². The van der Waals surface area contributed by atoms with Crippen LogP contribution < -0.4 is 10.0 Å². The molecule has 0 aliphatic heterocycles. The summed E-state index contributed by atoms with van der Waals surface area (Å²) in [4.78, 5) is 23.4. The smallest absolute Gasteiger partial charge is 0.321 e. The maximum Gasteiger partial charge on any atom is 0.321 e. The van der Waals surface area contributed by atoms with Crippen LogP contribution in [0.1, 0.15) is 16.9 Å². The number of aromatic nitrogens is 1. The van der Waals surface area contributed by atoms with E-state index < -0.39 is 35.1 Å². The van der Waals surface area contributed by atoms with Gasteiger partial charge in [0.25, 0.3) is 5.91 Å². The SMILES string of the molecule is Cc1ccc(C)c(S(=O)(=O)NCC(=O)OCC(=O)Nc2cc(C)on2)c1. The number of aryl methyl sites for hydroxylation is 3. The molecule has 0 saturated heterocycles. The molecular weight excluding hydrogens is 362 g/mol. The Kier molecular flexibility index (Phi) is 6.11. The van der Waals surface area contributed by atoms with Crippen molar-refractivity contribution in [1.82, 2.24) is 9.88 Å². The molecule has 0 radical (unpaired) electrons. The van der Waals surface area contributed by atoms with Crippen molar-refractivity contribution in [3.63, 3.8) is 0 Å². The highest BCUT2D eigenvalue weighted by molar-refractivity contribution is 7.89. The normalized spacial score (nSPS) is 11.2. The minimum Gasteiger partial charge on any atom is -0.455 e. The van der Waals surface area contributed by atoms with Crippen molar-refractivity contribution in [3.05, 3.63) is 41.2 Å². The minimum atomic E-state index is -3.87. The molecule has 0 fully saturated rings. The Bertz CT molecular complexity index is 920. The van der Waals surface area contributed by atoms with Gasteiger partial charge in [-0.2, -0.15) is 4.72 Å². The van der Waals surface area contributed by atoms with E-state index in [0.29, 0.717) is 11.3 Å². The average molecular weight is 381 g/mol. The van der Waals surface area contributed by atoms with Gasteiger partial charge in [-0.3, -0.25) is 9.59 Å². The molecule has 0 aliphatic rings. The molecule has 0 bridgehead atoms. The van der Waals surface area contributed by atoms with Crippen LogP contribution in [0.2, 0.25) is 0 Å². The van der Waals surface area contributed by atoms with Gasteiger partial charge < -0.3 is 14.6 Å². The molecule has 2 aromatic rings. The Morgan fingerprint density at radius 1 is 1.19 bits per heavy atom. The van der Waals surface area contributed by atoms with Crippen molar-refractivity contribution < 1.29 is 27.3 Å². The topological polar surface area (TPSA) is 128 Å². The fourth-order valence-electron chi connectivity index (χ4n) is 2.03. The van der Waals surface area contributed by atoms with Crippen LogP contribution in [0.3, 0.4) is 0 Å². The number of benzene rings is 1. The fraction of sp³-hybridized carbons (Fsp3) is 0.312. The first-order valence-electron chi connectivity index (χ1n) is 7.63. The van der Waals surface area contributed by atoms with Crippen molar-refractivity contribution in [2.24, 2.45) is 0 Å². The van der Waals surface area contributed by atoms with Crippen molar-refractivity contribution in [1.29, 1.82) is 0 Å². The second kappa shape index (κ2) is 8.11. The number of nitrogens with zero attached hydrogens (tertiary/aromatic N) is 1. The van der Waals surface area contributed by atoms with Gasteiger partial charge in [-0.15, -0.1) is 0 Å². The van der Waals surface area contributed by atoms with E-state index in [9.17, 15) is 18.0 Å². The summed E-state index contributed by atoms with van der Waals surface area (Å²) in [5, 5.41) is 5.93. The van der Waals surface area contributed by atoms with Crippen LogP contribution in [-0.4, -0.2) is 38.6 Å². The maximum atomic E-state index is 12.3. The highest BCUT2D eigenvalue weighted by atomic mass is 32.2. The quantitative estimate of drug-likeness (QED) is 0.686. The van der Waals surface area contributed by atoms with E-state index in [0.717, 1.165) is 5.56 Å². The predicted octanol–water partition coefficient (Wildman–Crippen LogP) is 1.06. The predicted molar refractivity (Wildman–Crippen MR) is 91.9 cm³/mol. The van der Waals surface area contributed by atoms with Gasteiger partial charge in [-0.25, -0.2) is 8.42 Å². The van der Waals surface area contributed by atoms with E-state index in [4.69, 9.17) is 9.26 Å². The van der Waals surface area contributed by atoms with Gasteiger partial charge in [0, 0.05) is 6.07 Å². The van der Waals surface area contributed by atoms with Crippen molar-refractivity contribution in [2.75, 3.05) is 18.5 Å². The third-order valence-corrected chi connectivity index (χ3v) is 4.84. The molecule has 140 valence electrons. The van der Waals surface area contributed by atoms with Gasteiger partial charge in [0.1, 0.15) is 12.3 Å². The summed E-state index contributed by atoms with van der Waals surface area (Å²) < 4.78 is 36.2. The fourth-order valence-corrected chi connectivity index (χ4v) is 3.33. The van der Waals surface area contributed by atoms with Gasteiger partial charge in [0.15, 0.2) is 12.4 Å². The second-order valence-corrected chi connectivity index (χ2v) is 7.36. The van der Waals surface area contributed by atoms with Crippen molar-refractivity contribution >= 4 is 27.7 Å². The molecule has 0 aliphatic carbocycles. The highest BCUT2D eigenvalue weighted by Gasteiger charge is 2.19. The van der Waals surface area contributed by atoms with Crippen molar-refractivity contribution in [3.8, 4) is 0 Å². The molecule has 2 rings (SSSR count). The Hall–Kier alpha value is -2.72. The number of anilines is 1. The summed E-state index contributed by atoms with van der Waals surface area (Å²) >= 11 is 0. The Balaban J connectivity index is 1.84. The van der Waals surface area contributed by atoms with E-state index in [1.54, 1.807) is 32.9 Å². The molecule has 2 N–H and O–H groups in total. The van der Waals surface area contributed by atoms with Crippen molar-refractivity contribution in [2.45, 2.75) is 25.7 Å². The molecule has 1 heterocycles. The first-order chi connectivity index (χ1) is 12.2. The van der Waals surface area contributed by atoms with Crippen LogP contribution >= 0.6 is 0 Å². The molecule has 0 spiro atoms. The zero-order chi connectivity index (χ0) is 19.3. The Morgan fingerprint density at radius 3 is 2.58 bits per heavy atom. The van der Waals surface area contributed by atoms with E-state index >= 15 is 0 Å². The lowest BCUT2D eigenvalue weighted by Crippen LogP contribution is -2.32. The van der Waals surface area contributed by atoms with E-state index in [-0.39, 0.29) is 10.7 Å². The van der Waals surface area contributed by atoms with Crippen LogP contribution in [0.15, 0.2) is 33.7 Å². The summed E-state index contributed by atoms with van der Waals surface area (Å²) in [7, 11) is -3.87. The molecule has 1 aromatic carbocycles. The number of hydrogen-bond donors (Lipinski definition) is 2. The number of carbonyl (C=O) groups excluding carboxylic acids is 2. The monoisotopic (exact) mass is 381 g/mol. The Morgan fingerprint density at radius 2 is 1.92 bits per heavy atom. The molecule has 0 unspecified atom stereocenters. The van der Waals surface area contributed by atoms with Crippen LogP contribution in [0.4, 0.5) is 5.82 Å². The maximum absolute atomic E-state index is 12.3. The lowest BCUT2D eigenvalue weighted by Gasteiger charge is -2.10. The summed E-state index contributed by atoms with van der Waals surface area (Å²) in [6.45, 7) is 3.91. The minimum absolute atomic E-state index is 0.0874. The first-order valence-corrected chi connectivity index (χ1v) is 9.11. The number of hydrogen-bond acceptors (Lipinski definition) is 7. The summed E-state index contributed by atoms with van der Waals surface area (Å²) in [6.07, 6.45) is 0. The number of sulfonamides is 1. The van der Waals surface area contributed by atoms with Crippen LogP contribution in [-0.2, 0) is 24.3 Å². The molecular formula is C16H19N3O6S. The third-order valence-electron chi connectivity index (χ3n) is 3.30. The van der Waals surface area contributed by atoms with Crippen LogP contribution in [0, 0.1) is 20.8 Å². The summed E-state index contributed by atoms with van der Waals surface area (Å²) in [6, 6.07) is 6.48. The average Bonchev–Trinajstić information content (AvgIpc) is 2.98. The third kappa shape index (κ3) is 5.39. The molecule has 0 atom stereocenters. The molecule has 0 saturated carbocycles.